The SMILES string of the molecule is CCCC(N)C(=O)NC(CCC)C(=O)NC(CCC)C(=O)O. The van der Waals surface area contributed by atoms with Crippen molar-refractivity contribution in [3.05, 3.63) is 0 Å². The molecule has 0 spiro atoms. The summed E-state index contributed by atoms with van der Waals surface area (Å²) in [5.41, 5.74) is 5.73. The Morgan fingerprint density at radius 1 is 0.864 bits per heavy atom. The van der Waals surface area contributed by atoms with Gasteiger partial charge in [0, 0.05) is 0 Å². The molecule has 0 saturated heterocycles. The average Bonchev–Trinajstić information content (AvgIpc) is 2.46. The Morgan fingerprint density at radius 2 is 1.32 bits per heavy atom. The fraction of sp³-hybridized carbons (Fsp3) is 0.800. The highest BCUT2D eigenvalue weighted by atomic mass is 16.4. The lowest BCUT2D eigenvalue weighted by atomic mass is 10.1. The number of hydrogen-bond acceptors (Lipinski definition) is 4. The summed E-state index contributed by atoms with van der Waals surface area (Å²) in [6.07, 6.45) is 3.44. The van der Waals surface area contributed by atoms with E-state index in [0.29, 0.717) is 32.1 Å². The molecule has 0 aliphatic carbocycles. The van der Waals surface area contributed by atoms with Gasteiger partial charge in [-0.2, -0.15) is 0 Å². The lowest BCUT2D eigenvalue weighted by molar-refractivity contribution is -0.142. The molecule has 3 unspecified atom stereocenters. The summed E-state index contributed by atoms with van der Waals surface area (Å²) in [5.74, 6) is -1.92. The Hall–Kier alpha value is -1.63. The van der Waals surface area contributed by atoms with E-state index in [1.807, 2.05) is 20.8 Å². The van der Waals surface area contributed by atoms with Gasteiger partial charge < -0.3 is 21.5 Å². The predicted octanol–water partition coefficient (Wildman–Crippen LogP) is 0.768. The van der Waals surface area contributed by atoms with Gasteiger partial charge in [0.25, 0.3) is 0 Å². The van der Waals surface area contributed by atoms with Gasteiger partial charge in [0.05, 0.1) is 6.04 Å². The Bertz CT molecular complexity index is 374. The molecule has 0 aliphatic rings. The summed E-state index contributed by atoms with van der Waals surface area (Å²) in [6, 6.07) is -2.33. The normalized spacial score (nSPS) is 14.7. The first-order valence-electron chi connectivity index (χ1n) is 7.96. The molecule has 0 fully saturated rings. The van der Waals surface area contributed by atoms with Gasteiger partial charge in [-0.15, -0.1) is 0 Å². The van der Waals surface area contributed by atoms with E-state index in [2.05, 4.69) is 10.6 Å². The Labute approximate surface area is 132 Å². The number of hydrogen-bond donors (Lipinski definition) is 4. The molecule has 0 bridgehead atoms. The Balaban J connectivity index is 4.74. The lowest BCUT2D eigenvalue weighted by Gasteiger charge is -2.22. The van der Waals surface area contributed by atoms with Crippen molar-refractivity contribution >= 4 is 17.8 Å². The zero-order chi connectivity index (χ0) is 17.1. The van der Waals surface area contributed by atoms with E-state index >= 15 is 0 Å². The number of carboxylic acids is 1. The standard InChI is InChI=1S/C15H29N3O4/c1-4-7-10(16)13(19)17-11(8-5-2)14(20)18-12(9-6-3)15(21)22/h10-12H,4-9,16H2,1-3H3,(H,17,19)(H,18,20)(H,21,22). The fourth-order valence-electron chi connectivity index (χ4n) is 2.10. The van der Waals surface area contributed by atoms with Crippen molar-refractivity contribution in [2.45, 2.75) is 77.4 Å². The highest BCUT2D eigenvalue weighted by Crippen LogP contribution is 2.03. The van der Waals surface area contributed by atoms with Crippen LogP contribution in [0, 0.1) is 0 Å². The molecule has 2 amide bonds. The monoisotopic (exact) mass is 315 g/mol. The minimum absolute atomic E-state index is 0.350. The van der Waals surface area contributed by atoms with Crippen LogP contribution in [0.1, 0.15) is 59.3 Å². The molecule has 0 aromatic carbocycles. The molecule has 0 heterocycles. The van der Waals surface area contributed by atoms with Crippen LogP contribution >= 0.6 is 0 Å². The van der Waals surface area contributed by atoms with E-state index in [9.17, 15) is 14.4 Å². The molecule has 0 aromatic rings. The quantitative estimate of drug-likeness (QED) is 0.448. The number of amides is 2. The molecule has 3 atom stereocenters. The van der Waals surface area contributed by atoms with Crippen molar-refractivity contribution in [3.63, 3.8) is 0 Å². The first kappa shape index (κ1) is 20.4. The van der Waals surface area contributed by atoms with Gasteiger partial charge >= 0.3 is 5.97 Å². The summed E-state index contributed by atoms with van der Waals surface area (Å²) >= 11 is 0. The summed E-state index contributed by atoms with van der Waals surface area (Å²) in [7, 11) is 0. The summed E-state index contributed by atoms with van der Waals surface area (Å²) < 4.78 is 0. The highest BCUT2D eigenvalue weighted by molar-refractivity contribution is 5.91. The van der Waals surface area contributed by atoms with Crippen LogP contribution in [-0.4, -0.2) is 41.0 Å². The van der Waals surface area contributed by atoms with Crippen molar-refractivity contribution in [2.75, 3.05) is 0 Å². The summed E-state index contributed by atoms with van der Waals surface area (Å²) in [4.78, 5) is 35.2. The summed E-state index contributed by atoms with van der Waals surface area (Å²) in [5, 5.41) is 14.2. The van der Waals surface area contributed by atoms with Crippen LogP contribution in [-0.2, 0) is 14.4 Å². The fourth-order valence-corrected chi connectivity index (χ4v) is 2.10. The molecular formula is C15H29N3O4. The van der Waals surface area contributed by atoms with Gasteiger partial charge in [-0.1, -0.05) is 40.0 Å². The van der Waals surface area contributed by atoms with Crippen molar-refractivity contribution < 1.29 is 19.5 Å². The molecule has 0 saturated carbocycles. The van der Waals surface area contributed by atoms with Gasteiger partial charge in [0.15, 0.2) is 0 Å². The van der Waals surface area contributed by atoms with Crippen LogP contribution in [0.25, 0.3) is 0 Å². The Morgan fingerprint density at radius 3 is 1.77 bits per heavy atom. The van der Waals surface area contributed by atoms with Crippen LogP contribution in [0.4, 0.5) is 0 Å². The van der Waals surface area contributed by atoms with Crippen molar-refractivity contribution in [1.82, 2.24) is 10.6 Å². The third kappa shape index (κ3) is 7.40. The minimum Gasteiger partial charge on any atom is -0.480 e. The van der Waals surface area contributed by atoms with Crippen molar-refractivity contribution in [2.24, 2.45) is 5.73 Å². The molecule has 0 radical (unpaired) electrons. The topological polar surface area (TPSA) is 122 Å². The van der Waals surface area contributed by atoms with Gasteiger partial charge in [0.1, 0.15) is 12.1 Å². The van der Waals surface area contributed by atoms with Crippen LogP contribution in [0.15, 0.2) is 0 Å². The van der Waals surface area contributed by atoms with Crippen LogP contribution in [0.2, 0.25) is 0 Å². The average molecular weight is 315 g/mol. The molecule has 5 N–H and O–H groups in total. The largest absolute Gasteiger partial charge is 0.480 e. The van der Waals surface area contributed by atoms with Crippen LogP contribution < -0.4 is 16.4 Å². The maximum Gasteiger partial charge on any atom is 0.326 e. The van der Waals surface area contributed by atoms with Gasteiger partial charge in [-0.3, -0.25) is 9.59 Å². The zero-order valence-electron chi connectivity index (χ0n) is 13.7. The minimum atomic E-state index is -1.07. The van der Waals surface area contributed by atoms with Gasteiger partial charge in [-0.25, -0.2) is 4.79 Å². The lowest BCUT2D eigenvalue weighted by Crippen LogP contribution is -2.54. The van der Waals surface area contributed by atoms with Crippen molar-refractivity contribution in [3.8, 4) is 0 Å². The zero-order valence-corrected chi connectivity index (χ0v) is 13.7. The number of rotatable bonds is 11. The molecular weight excluding hydrogens is 286 g/mol. The number of carbonyl (C=O) groups excluding carboxylic acids is 2. The van der Waals surface area contributed by atoms with E-state index in [0.717, 1.165) is 6.42 Å². The Kier molecular flexibility index (Phi) is 10.2. The molecule has 0 aliphatic heterocycles. The second kappa shape index (κ2) is 11.0. The smallest absolute Gasteiger partial charge is 0.326 e. The molecule has 7 heteroatoms. The van der Waals surface area contributed by atoms with Crippen molar-refractivity contribution in [1.29, 1.82) is 0 Å². The maximum atomic E-state index is 12.2. The third-order valence-electron chi connectivity index (χ3n) is 3.34. The van der Waals surface area contributed by atoms with Crippen LogP contribution in [0.5, 0.6) is 0 Å². The third-order valence-corrected chi connectivity index (χ3v) is 3.34. The molecule has 22 heavy (non-hydrogen) atoms. The maximum absolute atomic E-state index is 12.2. The number of nitrogens with two attached hydrogens (primary N) is 1. The predicted molar refractivity (Wildman–Crippen MR) is 84.2 cm³/mol. The molecule has 0 aromatic heterocycles. The summed E-state index contributed by atoms with van der Waals surface area (Å²) in [6.45, 7) is 5.65. The number of nitrogens with one attached hydrogen (secondary N) is 2. The molecule has 0 rings (SSSR count). The molecule has 7 nitrogen and oxygen atoms in total. The highest BCUT2D eigenvalue weighted by Gasteiger charge is 2.26. The van der Waals surface area contributed by atoms with Crippen LogP contribution in [0.3, 0.4) is 0 Å². The first-order chi connectivity index (χ1) is 10.4. The van der Waals surface area contributed by atoms with Gasteiger partial charge in [-0.05, 0) is 19.3 Å². The van der Waals surface area contributed by atoms with E-state index < -0.39 is 30.0 Å². The van der Waals surface area contributed by atoms with E-state index in [1.54, 1.807) is 0 Å². The van der Waals surface area contributed by atoms with E-state index in [1.165, 1.54) is 0 Å². The second-order valence-corrected chi connectivity index (χ2v) is 5.43. The van der Waals surface area contributed by atoms with E-state index in [4.69, 9.17) is 10.8 Å². The first-order valence-corrected chi connectivity index (χ1v) is 7.96. The molecule has 128 valence electrons. The number of carbonyl (C=O) groups is 3. The number of carboxylic acid groups (broad SMARTS) is 1. The van der Waals surface area contributed by atoms with E-state index in [-0.39, 0.29) is 5.91 Å². The van der Waals surface area contributed by atoms with Gasteiger partial charge in [0.2, 0.25) is 11.8 Å². The second-order valence-electron chi connectivity index (χ2n) is 5.43. The number of aliphatic carboxylic acids is 1.